The second kappa shape index (κ2) is 9.20. The Morgan fingerprint density at radius 2 is 1.65 bits per heavy atom. The number of sulfone groups is 1. The Kier molecular flexibility index (Phi) is 6.93. The number of carbonyl (C=O) groups is 1. The maximum absolute atomic E-state index is 12.8. The van der Waals surface area contributed by atoms with E-state index in [0.29, 0.717) is 43.2 Å². The minimum atomic E-state index is -3.05. The van der Waals surface area contributed by atoms with Gasteiger partial charge in [0.1, 0.15) is 0 Å². The fraction of sp³-hybridized carbons (Fsp3) is 0.696. The summed E-state index contributed by atoms with van der Waals surface area (Å²) in [6.45, 7) is 1.27. The lowest BCUT2D eigenvalue weighted by Gasteiger charge is -2.54. The zero-order chi connectivity index (χ0) is 22.1. The maximum Gasteiger partial charge on any atom is 0.253 e. The molecule has 0 unspecified atom stereocenters. The lowest BCUT2D eigenvalue weighted by molar-refractivity contribution is 0.0124. The molecular weight excluding hydrogens is 455 g/mol. The standard InChI is InChI=1S/C23H32Cl2N2O3S/c24-23(25,26-21(28)19-7-3-1-4-8-19)22(13-5-2-6-14-22)27-15-11-20(12-16-27)31(29,30)17-18-9-10-18/h1,3-4,7-8,18,20H,2,5-6,9-17H2,(H,26,28). The fourth-order valence-corrected chi connectivity index (χ4v) is 8.26. The highest BCUT2D eigenvalue weighted by molar-refractivity contribution is 7.92. The average molecular weight is 487 g/mol. The molecule has 1 aromatic carbocycles. The van der Waals surface area contributed by atoms with Crippen LogP contribution in [0.15, 0.2) is 30.3 Å². The molecule has 1 heterocycles. The summed E-state index contributed by atoms with van der Waals surface area (Å²) in [4.78, 5) is 15.1. The third-order valence-corrected chi connectivity index (χ3v) is 10.6. The summed E-state index contributed by atoms with van der Waals surface area (Å²) in [5, 5.41) is 2.61. The van der Waals surface area contributed by atoms with E-state index in [2.05, 4.69) is 10.2 Å². The molecule has 0 atom stereocenters. The molecule has 1 aliphatic heterocycles. The fourth-order valence-electron chi connectivity index (χ4n) is 5.28. The van der Waals surface area contributed by atoms with Crippen molar-refractivity contribution in [3.63, 3.8) is 0 Å². The normalized spacial score (nSPS) is 23.4. The Morgan fingerprint density at radius 1 is 1.03 bits per heavy atom. The van der Waals surface area contributed by atoms with Gasteiger partial charge in [-0.15, -0.1) is 0 Å². The number of nitrogens with zero attached hydrogens (tertiary/aromatic N) is 1. The average Bonchev–Trinajstić information content (AvgIpc) is 3.58. The quantitative estimate of drug-likeness (QED) is 0.453. The highest BCUT2D eigenvalue weighted by Crippen LogP contribution is 2.48. The lowest BCUT2D eigenvalue weighted by Crippen LogP contribution is -2.68. The Hall–Kier alpha value is -0.820. The molecule has 172 valence electrons. The van der Waals surface area contributed by atoms with E-state index in [-0.39, 0.29) is 11.2 Å². The van der Waals surface area contributed by atoms with Crippen LogP contribution in [0, 0.1) is 5.92 Å². The van der Waals surface area contributed by atoms with Crippen LogP contribution in [0.4, 0.5) is 0 Å². The Bertz CT molecular complexity index is 873. The first-order valence-electron chi connectivity index (χ1n) is 11.5. The van der Waals surface area contributed by atoms with Crippen LogP contribution in [-0.2, 0) is 9.84 Å². The van der Waals surface area contributed by atoms with E-state index >= 15 is 0 Å². The van der Waals surface area contributed by atoms with Crippen LogP contribution in [-0.4, -0.2) is 53.3 Å². The summed E-state index contributed by atoms with van der Waals surface area (Å²) in [6, 6.07) is 8.95. The molecule has 1 N–H and O–H groups in total. The predicted octanol–water partition coefficient (Wildman–Crippen LogP) is 4.54. The first-order chi connectivity index (χ1) is 14.7. The minimum absolute atomic E-state index is 0.274. The SMILES string of the molecule is O=C(NC(Cl)(Cl)C1(N2CCC(S(=O)(=O)CC3CC3)CC2)CCCCC1)c1ccccc1. The van der Waals surface area contributed by atoms with E-state index in [9.17, 15) is 13.2 Å². The van der Waals surface area contributed by atoms with Crippen molar-refractivity contribution in [2.45, 2.75) is 73.0 Å². The molecule has 0 bridgehead atoms. The molecule has 3 fully saturated rings. The van der Waals surface area contributed by atoms with Crippen molar-refractivity contribution in [1.29, 1.82) is 0 Å². The molecule has 0 radical (unpaired) electrons. The molecule has 3 aliphatic rings. The third kappa shape index (κ3) is 5.07. The maximum atomic E-state index is 12.8. The van der Waals surface area contributed by atoms with Crippen molar-refractivity contribution in [2.24, 2.45) is 5.92 Å². The van der Waals surface area contributed by atoms with Crippen LogP contribution in [0.5, 0.6) is 0 Å². The first kappa shape index (κ1) is 23.3. The van der Waals surface area contributed by atoms with Crippen molar-refractivity contribution in [3.8, 4) is 0 Å². The topological polar surface area (TPSA) is 66.5 Å². The van der Waals surface area contributed by atoms with Crippen LogP contribution in [0.3, 0.4) is 0 Å². The smallest absolute Gasteiger partial charge is 0.253 e. The van der Waals surface area contributed by atoms with Gasteiger partial charge in [-0.3, -0.25) is 9.69 Å². The number of amides is 1. The number of piperidine rings is 1. The Labute approximate surface area is 195 Å². The van der Waals surface area contributed by atoms with E-state index in [1.54, 1.807) is 12.1 Å². The molecule has 0 aromatic heterocycles. The number of benzene rings is 1. The van der Waals surface area contributed by atoms with Crippen molar-refractivity contribution < 1.29 is 13.2 Å². The van der Waals surface area contributed by atoms with Gasteiger partial charge in [-0.25, -0.2) is 8.42 Å². The zero-order valence-corrected chi connectivity index (χ0v) is 20.2. The first-order valence-corrected chi connectivity index (χ1v) is 13.9. The van der Waals surface area contributed by atoms with Crippen LogP contribution >= 0.6 is 23.2 Å². The third-order valence-electron chi connectivity index (χ3n) is 7.29. The monoisotopic (exact) mass is 486 g/mol. The Balaban J connectivity index is 1.49. The zero-order valence-electron chi connectivity index (χ0n) is 17.9. The number of rotatable bonds is 7. The molecular formula is C23H32Cl2N2O3S. The number of alkyl halides is 2. The van der Waals surface area contributed by atoms with Gasteiger partial charge in [0.05, 0.1) is 16.5 Å². The molecule has 8 heteroatoms. The van der Waals surface area contributed by atoms with Crippen LogP contribution in [0.1, 0.15) is 68.1 Å². The van der Waals surface area contributed by atoms with Crippen molar-refractivity contribution in [2.75, 3.05) is 18.8 Å². The number of nitrogens with one attached hydrogen (secondary N) is 1. The summed E-state index contributed by atoms with van der Waals surface area (Å²) in [5.74, 6) is 0.418. The van der Waals surface area contributed by atoms with Gasteiger partial charge >= 0.3 is 0 Å². The van der Waals surface area contributed by atoms with Crippen molar-refractivity contribution >= 4 is 38.9 Å². The van der Waals surface area contributed by atoms with Gasteiger partial charge in [-0.1, -0.05) is 60.7 Å². The van der Waals surface area contributed by atoms with Crippen LogP contribution in [0.2, 0.25) is 0 Å². The molecule has 1 saturated heterocycles. The summed E-state index contributed by atoms with van der Waals surface area (Å²) in [6.07, 6.45) is 7.96. The summed E-state index contributed by atoms with van der Waals surface area (Å²) < 4.78 is 24.1. The second-order valence-electron chi connectivity index (χ2n) is 9.45. The molecule has 4 rings (SSSR count). The van der Waals surface area contributed by atoms with Crippen molar-refractivity contribution in [3.05, 3.63) is 35.9 Å². The highest BCUT2D eigenvalue weighted by Gasteiger charge is 2.55. The van der Waals surface area contributed by atoms with Crippen LogP contribution < -0.4 is 5.32 Å². The molecule has 31 heavy (non-hydrogen) atoms. The van der Waals surface area contributed by atoms with Gasteiger partial charge in [0.2, 0.25) is 4.46 Å². The summed E-state index contributed by atoms with van der Waals surface area (Å²) >= 11 is 13.9. The number of carbonyl (C=O) groups excluding carboxylic acids is 1. The molecule has 2 saturated carbocycles. The van der Waals surface area contributed by atoms with E-state index in [1.165, 1.54) is 0 Å². The van der Waals surface area contributed by atoms with E-state index in [4.69, 9.17) is 23.2 Å². The number of hydrogen-bond donors (Lipinski definition) is 1. The summed E-state index contributed by atoms with van der Waals surface area (Å²) in [7, 11) is -3.05. The van der Waals surface area contributed by atoms with Gasteiger partial charge < -0.3 is 5.32 Å². The Morgan fingerprint density at radius 3 is 2.23 bits per heavy atom. The summed E-state index contributed by atoms with van der Waals surface area (Å²) in [5.41, 5.74) is -0.0756. The number of likely N-dealkylation sites (tertiary alicyclic amines) is 1. The van der Waals surface area contributed by atoms with E-state index in [1.807, 2.05) is 18.2 Å². The predicted molar refractivity (Wildman–Crippen MR) is 125 cm³/mol. The van der Waals surface area contributed by atoms with Gasteiger partial charge in [-0.2, -0.15) is 0 Å². The van der Waals surface area contributed by atoms with Gasteiger partial charge in [0.25, 0.3) is 5.91 Å². The van der Waals surface area contributed by atoms with Crippen LogP contribution in [0.25, 0.3) is 0 Å². The highest BCUT2D eigenvalue weighted by atomic mass is 35.5. The minimum Gasteiger partial charge on any atom is -0.319 e. The van der Waals surface area contributed by atoms with E-state index < -0.39 is 19.8 Å². The second-order valence-corrected chi connectivity index (χ2v) is 13.1. The van der Waals surface area contributed by atoms with Crippen molar-refractivity contribution in [1.82, 2.24) is 10.2 Å². The molecule has 1 amide bonds. The number of hydrogen-bond acceptors (Lipinski definition) is 4. The van der Waals surface area contributed by atoms with Gasteiger partial charge in [-0.05, 0) is 56.6 Å². The van der Waals surface area contributed by atoms with E-state index in [0.717, 1.165) is 44.9 Å². The van der Waals surface area contributed by atoms with Gasteiger partial charge in [0.15, 0.2) is 9.84 Å². The lowest BCUT2D eigenvalue weighted by atomic mass is 9.78. The molecule has 0 spiro atoms. The van der Waals surface area contributed by atoms with Gasteiger partial charge in [0, 0.05) is 18.7 Å². The molecule has 5 nitrogen and oxygen atoms in total. The molecule has 2 aliphatic carbocycles. The largest absolute Gasteiger partial charge is 0.319 e. The number of halogens is 2. The molecule has 1 aromatic rings.